The molecule has 3 nitrogen and oxygen atoms in total. The van der Waals surface area contributed by atoms with Gasteiger partial charge < -0.3 is 14.9 Å². The maximum atomic E-state index is 9.26. The fraction of sp³-hybridized carbons (Fsp3) is 0.600. The van der Waals surface area contributed by atoms with Crippen LogP contribution in [0.15, 0.2) is 24.3 Å². The molecule has 1 fully saturated rings. The molecule has 1 aliphatic rings. The number of nitrogens with zero attached hydrogens (tertiary/aromatic N) is 2. The van der Waals surface area contributed by atoms with Gasteiger partial charge >= 0.3 is 0 Å². The molecule has 0 aromatic heterocycles. The fourth-order valence-corrected chi connectivity index (χ4v) is 2.72. The van der Waals surface area contributed by atoms with Crippen LogP contribution in [0.4, 0.5) is 5.69 Å². The lowest BCUT2D eigenvalue weighted by Crippen LogP contribution is -2.40. The van der Waals surface area contributed by atoms with Crippen molar-refractivity contribution in [1.29, 1.82) is 0 Å². The van der Waals surface area contributed by atoms with Crippen LogP contribution >= 0.6 is 0 Å². The molecule has 0 bridgehead atoms. The molecular formula is C15H24N2O. The average molecular weight is 248 g/mol. The van der Waals surface area contributed by atoms with Crippen molar-refractivity contribution in [3.63, 3.8) is 0 Å². The number of aliphatic hydroxyl groups is 1. The molecule has 18 heavy (non-hydrogen) atoms. The van der Waals surface area contributed by atoms with Crippen LogP contribution in [0.25, 0.3) is 0 Å². The number of hydrogen-bond donors (Lipinski definition) is 1. The second kappa shape index (κ2) is 6.21. The Morgan fingerprint density at radius 3 is 2.61 bits per heavy atom. The van der Waals surface area contributed by atoms with Crippen molar-refractivity contribution in [3.8, 4) is 0 Å². The molecule has 1 N–H and O–H groups in total. The Hall–Kier alpha value is -1.06. The number of aryl methyl sites for hydroxylation is 1. The lowest BCUT2D eigenvalue weighted by atomic mass is 10.1. The van der Waals surface area contributed by atoms with Gasteiger partial charge in [0.25, 0.3) is 0 Å². The second-order valence-electron chi connectivity index (χ2n) is 5.31. The van der Waals surface area contributed by atoms with Gasteiger partial charge in [0.15, 0.2) is 0 Å². The molecule has 1 aliphatic heterocycles. The zero-order valence-electron chi connectivity index (χ0n) is 11.5. The van der Waals surface area contributed by atoms with E-state index in [4.69, 9.17) is 0 Å². The van der Waals surface area contributed by atoms with E-state index in [1.165, 1.54) is 17.7 Å². The summed E-state index contributed by atoms with van der Waals surface area (Å²) in [6, 6.07) is 9.15. The number of benzene rings is 1. The summed E-state index contributed by atoms with van der Waals surface area (Å²) < 4.78 is 0. The maximum absolute atomic E-state index is 9.26. The van der Waals surface area contributed by atoms with Crippen molar-refractivity contribution in [2.45, 2.75) is 25.8 Å². The van der Waals surface area contributed by atoms with Gasteiger partial charge in [0.2, 0.25) is 0 Å². The zero-order chi connectivity index (χ0) is 13.0. The quantitative estimate of drug-likeness (QED) is 0.885. The van der Waals surface area contributed by atoms with E-state index in [1.807, 2.05) is 0 Å². The maximum Gasteiger partial charge on any atom is 0.0451 e. The minimum absolute atomic E-state index is 0.265. The van der Waals surface area contributed by atoms with Crippen LogP contribution in [0.5, 0.6) is 0 Å². The summed E-state index contributed by atoms with van der Waals surface area (Å²) in [6.45, 7) is 5.64. The largest absolute Gasteiger partial charge is 0.396 e. The van der Waals surface area contributed by atoms with Crippen molar-refractivity contribution in [1.82, 2.24) is 4.90 Å². The lowest BCUT2D eigenvalue weighted by Gasteiger charge is -2.32. The third-order valence-corrected chi connectivity index (χ3v) is 3.73. The lowest BCUT2D eigenvalue weighted by molar-refractivity contribution is 0.253. The van der Waals surface area contributed by atoms with E-state index in [-0.39, 0.29) is 6.61 Å². The number of aliphatic hydroxyl groups excluding tert-OH is 1. The fourth-order valence-electron chi connectivity index (χ4n) is 2.72. The van der Waals surface area contributed by atoms with Crippen molar-refractivity contribution >= 4 is 5.69 Å². The van der Waals surface area contributed by atoms with E-state index in [2.05, 4.69) is 48.0 Å². The van der Waals surface area contributed by atoms with Gasteiger partial charge in [-0.1, -0.05) is 17.7 Å². The van der Waals surface area contributed by atoms with Crippen LogP contribution in [-0.4, -0.2) is 49.3 Å². The molecule has 0 saturated carbocycles. The minimum atomic E-state index is 0.265. The van der Waals surface area contributed by atoms with E-state index in [0.717, 1.165) is 26.1 Å². The first-order valence-corrected chi connectivity index (χ1v) is 6.83. The molecule has 0 amide bonds. The van der Waals surface area contributed by atoms with E-state index in [0.29, 0.717) is 6.04 Å². The van der Waals surface area contributed by atoms with Crippen molar-refractivity contribution in [2.24, 2.45) is 0 Å². The summed E-state index contributed by atoms with van der Waals surface area (Å²) in [4.78, 5) is 4.83. The average Bonchev–Trinajstić information content (AvgIpc) is 2.53. The van der Waals surface area contributed by atoms with Crippen LogP contribution in [0.1, 0.15) is 18.4 Å². The Bertz CT molecular complexity index is 363. The van der Waals surface area contributed by atoms with Gasteiger partial charge in [0, 0.05) is 31.4 Å². The normalized spacial score (nSPS) is 21.9. The van der Waals surface area contributed by atoms with Crippen LogP contribution < -0.4 is 4.90 Å². The van der Waals surface area contributed by atoms with Crippen LogP contribution in [0.3, 0.4) is 0 Å². The molecule has 3 heteroatoms. The van der Waals surface area contributed by atoms with Crippen molar-refractivity contribution in [3.05, 3.63) is 29.8 Å². The molecule has 1 atom stereocenters. The van der Waals surface area contributed by atoms with Gasteiger partial charge in [-0.15, -0.1) is 0 Å². The first-order chi connectivity index (χ1) is 8.70. The van der Waals surface area contributed by atoms with E-state index < -0.39 is 0 Å². The summed E-state index contributed by atoms with van der Waals surface area (Å²) in [6.07, 6.45) is 2.03. The molecule has 0 spiro atoms. The van der Waals surface area contributed by atoms with Crippen molar-refractivity contribution < 1.29 is 5.11 Å². The monoisotopic (exact) mass is 248 g/mol. The van der Waals surface area contributed by atoms with Gasteiger partial charge in [-0.3, -0.25) is 0 Å². The molecule has 0 radical (unpaired) electrons. The molecule has 1 unspecified atom stereocenters. The Labute approximate surface area is 110 Å². The standard InChI is InChI=1S/C15H24N2O/c1-13-4-6-14(7-5-13)17-10-3-9-16(2)12-15(17)8-11-18/h4-7,15,18H,3,8-12H2,1-2H3. The predicted molar refractivity (Wildman–Crippen MR) is 76.1 cm³/mol. The van der Waals surface area contributed by atoms with Gasteiger partial charge in [-0.25, -0.2) is 0 Å². The zero-order valence-corrected chi connectivity index (χ0v) is 11.5. The van der Waals surface area contributed by atoms with Crippen molar-refractivity contribution in [2.75, 3.05) is 38.2 Å². The summed E-state index contributed by atoms with van der Waals surface area (Å²) in [5, 5.41) is 9.26. The van der Waals surface area contributed by atoms with Gasteiger partial charge in [-0.05, 0) is 45.5 Å². The molecule has 1 aromatic rings. The SMILES string of the molecule is Cc1ccc(N2CCCN(C)CC2CCO)cc1. The Balaban J connectivity index is 2.18. The third kappa shape index (κ3) is 3.24. The molecule has 1 aromatic carbocycles. The van der Waals surface area contributed by atoms with E-state index in [1.54, 1.807) is 0 Å². The Morgan fingerprint density at radius 2 is 1.94 bits per heavy atom. The molecule has 100 valence electrons. The first-order valence-electron chi connectivity index (χ1n) is 6.83. The topological polar surface area (TPSA) is 26.7 Å². The third-order valence-electron chi connectivity index (χ3n) is 3.73. The Morgan fingerprint density at radius 1 is 1.22 bits per heavy atom. The second-order valence-corrected chi connectivity index (χ2v) is 5.31. The van der Waals surface area contributed by atoms with Crippen LogP contribution in [-0.2, 0) is 0 Å². The molecule has 1 heterocycles. The van der Waals surface area contributed by atoms with E-state index in [9.17, 15) is 5.11 Å². The highest BCUT2D eigenvalue weighted by atomic mass is 16.3. The Kier molecular flexibility index (Phi) is 4.61. The number of hydrogen-bond acceptors (Lipinski definition) is 3. The van der Waals surface area contributed by atoms with E-state index >= 15 is 0 Å². The summed E-state index contributed by atoms with van der Waals surface area (Å²) in [7, 11) is 2.17. The highest BCUT2D eigenvalue weighted by Gasteiger charge is 2.22. The number of rotatable bonds is 3. The smallest absolute Gasteiger partial charge is 0.0451 e. The minimum Gasteiger partial charge on any atom is -0.396 e. The van der Waals surface area contributed by atoms with Crippen LogP contribution in [0.2, 0.25) is 0 Å². The van der Waals surface area contributed by atoms with Gasteiger partial charge in [0.05, 0.1) is 0 Å². The predicted octanol–water partition coefficient (Wildman–Crippen LogP) is 1.89. The highest BCUT2D eigenvalue weighted by molar-refractivity contribution is 5.48. The first kappa shape index (κ1) is 13.4. The number of likely N-dealkylation sites (N-methyl/N-ethyl adjacent to an activating group) is 1. The van der Waals surface area contributed by atoms with Crippen LogP contribution in [0, 0.1) is 6.92 Å². The molecule has 2 rings (SSSR count). The highest BCUT2D eigenvalue weighted by Crippen LogP contribution is 2.22. The van der Waals surface area contributed by atoms with Gasteiger partial charge in [-0.2, -0.15) is 0 Å². The summed E-state index contributed by atoms with van der Waals surface area (Å²) in [5.41, 5.74) is 2.58. The molecular weight excluding hydrogens is 224 g/mol. The summed E-state index contributed by atoms with van der Waals surface area (Å²) in [5.74, 6) is 0. The molecule has 0 aliphatic carbocycles. The molecule has 1 saturated heterocycles. The number of anilines is 1. The summed E-state index contributed by atoms with van der Waals surface area (Å²) >= 11 is 0. The van der Waals surface area contributed by atoms with Gasteiger partial charge in [0.1, 0.15) is 0 Å².